The first-order valence-corrected chi connectivity index (χ1v) is 19.6. The first kappa shape index (κ1) is 38.7. The van der Waals surface area contributed by atoms with E-state index in [-0.39, 0.29) is 29.7 Å². The van der Waals surface area contributed by atoms with Crippen molar-refractivity contribution in [3.05, 3.63) is 35.9 Å². The standard InChI is InChI=1S/C36H50Cl3N3O9/c1-47-35(46)29(50-31(43)22-14-6-2-7-15-22)28(49-34(45)41-24-18-10-4-11-19-24)26(27-30(35)51-32(48-27)36(37,38)39)42(25-20-12-5-13-21-25)33(44)40-23-16-8-3-9-17-23/h2,6-7,14-15,23-30,32,46H,3-5,8-13,16-21H2,1H3,(H,40,44)(H,41,45)/t26-,27-,28+,29-,30-,32+,35-/m1/s1. The average molecular weight is 775 g/mol. The number of amides is 3. The number of nitrogens with one attached hydrogen (secondary N) is 2. The molecule has 1 aliphatic heterocycles. The van der Waals surface area contributed by atoms with Gasteiger partial charge in [0.05, 0.1) is 5.56 Å². The highest BCUT2D eigenvalue weighted by Gasteiger charge is 2.70. The normalized spacial score (nSPS) is 32.4. The zero-order valence-electron chi connectivity index (χ0n) is 29.0. The van der Waals surface area contributed by atoms with E-state index in [0.717, 1.165) is 83.5 Å². The fourth-order valence-corrected chi connectivity index (χ4v) is 8.84. The van der Waals surface area contributed by atoms with Gasteiger partial charge in [0.25, 0.3) is 0 Å². The van der Waals surface area contributed by atoms with Gasteiger partial charge in [0.2, 0.25) is 15.9 Å². The van der Waals surface area contributed by atoms with Crippen molar-refractivity contribution in [1.82, 2.24) is 15.5 Å². The molecular formula is C36H50Cl3N3O9. The van der Waals surface area contributed by atoms with Gasteiger partial charge < -0.3 is 44.3 Å². The molecule has 4 saturated carbocycles. The maximum Gasteiger partial charge on any atom is 0.407 e. The molecule has 12 nitrogen and oxygen atoms in total. The van der Waals surface area contributed by atoms with Gasteiger partial charge >= 0.3 is 18.1 Å². The number of halogens is 3. The smallest absolute Gasteiger partial charge is 0.407 e. The summed E-state index contributed by atoms with van der Waals surface area (Å²) in [6, 6.07) is 6.17. The van der Waals surface area contributed by atoms with Crippen LogP contribution in [0, 0.1) is 0 Å². The Balaban J connectivity index is 1.45. The number of aliphatic hydroxyl groups is 1. The summed E-state index contributed by atoms with van der Waals surface area (Å²) in [6.07, 6.45) is 5.18. The molecule has 0 unspecified atom stereocenters. The Morgan fingerprint density at radius 3 is 1.96 bits per heavy atom. The Morgan fingerprint density at radius 1 is 0.824 bits per heavy atom. The molecule has 0 aromatic heterocycles. The molecule has 7 atom stereocenters. The number of hydrogen-bond donors (Lipinski definition) is 3. The lowest BCUT2D eigenvalue weighted by atomic mass is 9.78. The van der Waals surface area contributed by atoms with E-state index in [2.05, 4.69) is 10.6 Å². The van der Waals surface area contributed by atoms with Gasteiger partial charge in [-0.3, -0.25) is 0 Å². The molecule has 0 radical (unpaired) electrons. The summed E-state index contributed by atoms with van der Waals surface area (Å²) in [6.45, 7) is 0. The molecule has 3 N–H and O–H groups in total. The summed E-state index contributed by atoms with van der Waals surface area (Å²) < 4.78 is 28.4. The largest absolute Gasteiger partial charge is 0.449 e. The van der Waals surface area contributed by atoms with Crippen LogP contribution in [0.5, 0.6) is 0 Å². The quantitative estimate of drug-likeness (QED) is 0.153. The third-order valence-electron chi connectivity index (χ3n) is 11.1. The second-order valence-electron chi connectivity index (χ2n) is 14.5. The first-order valence-electron chi connectivity index (χ1n) is 18.5. The predicted octanol–water partition coefficient (Wildman–Crippen LogP) is 6.51. The van der Waals surface area contributed by atoms with Crippen LogP contribution >= 0.6 is 34.8 Å². The number of alkyl halides is 3. The zero-order chi connectivity index (χ0) is 36.2. The Kier molecular flexibility index (Phi) is 12.8. The molecule has 3 amide bonds. The van der Waals surface area contributed by atoms with Crippen molar-refractivity contribution in [3.8, 4) is 0 Å². The molecule has 1 aromatic rings. The lowest BCUT2D eigenvalue weighted by Crippen LogP contribution is -2.77. The number of hydrogen-bond acceptors (Lipinski definition) is 9. The highest BCUT2D eigenvalue weighted by Crippen LogP contribution is 2.49. The number of nitrogens with zero attached hydrogens (tertiary/aromatic N) is 1. The van der Waals surface area contributed by atoms with E-state index < -0.39 is 58.4 Å². The van der Waals surface area contributed by atoms with Crippen molar-refractivity contribution in [2.75, 3.05) is 7.11 Å². The second-order valence-corrected chi connectivity index (χ2v) is 16.9. The van der Waals surface area contributed by atoms with E-state index in [1.165, 1.54) is 7.11 Å². The predicted molar refractivity (Wildman–Crippen MR) is 190 cm³/mol. The highest BCUT2D eigenvalue weighted by atomic mass is 35.6. The molecule has 51 heavy (non-hydrogen) atoms. The second kappa shape index (κ2) is 17.0. The van der Waals surface area contributed by atoms with Crippen LogP contribution in [0.4, 0.5) is 9.59 Å². The molecule has 0 bridgehead atoms. The van der Waals surface area contributed by atoms with Crippen molar-refractivity contribution in [2.24, 2.45) is 0 Å². The minimum atomic E-state index is -2.48. The Labute approximate surface area is 314 Å². The van der Waals surface area contributed by atoms with Crippen LogP contribution in [-0.4, -0.2) is 99.7 Å². The van der Waals surface area contributed by atoms with Gasteiger partial charge in [0, 0.05) is 25.2 Å². The van der Waals surface area contributed by atoms with Gasteiger partial charge in [-0.05, 0) is 50.7 Å². The van der Waals surface area contributed by atoms with Crippen molar-refractivity contribution in [1.29, 1.82) is 0 Å². The average Bonchev–Trinajstić information content (AvgIpc) is 3.60. The molecule has 1 aromatic carbocycles. The summed E-state index contributed by atoms with van der Waals surface area (Å²) in [5.74, 6) is -3.30. The van der Waals surface area contributed by atoms with Crippen molar-refractivity contribution >= 4 is 52.9 Å². The van der Waals surface area contributed by atoms with E-state index in [1.54, 1.807) is 35.2 Å². The molecular weight excluding hydrogens is 725 g/mol. The lowest BCUT2D eigenvalue weighted by Gasteiger charge is -2.54. The fraction of sp³-hybridized carbons (Fsp3) is 0.750. The number of urea groups is 1. The van der Waals surface area contributed by atoms with E-state index in [1.807, 2.05) is 0 Å². The topological polar surface area (TPSA) is 145 Å². The summed E-state index contributed by atoms with van der Waals surface area (Å²) in [7, 11) is 1.21. The molecule has 6 rings (SSSR count). The van der Waals surface area contributed by atoms with Crippen molar-refractivity contribution < 1.29 is 43.2 Å². The molecule has 4 aliphatic carbocycles. The summed E-state index contributed by atoms with van der Waals surface area (Å²) >= 11 is 19.0. The van der Waals surface area contributed by atoms with Crippen LogP contribution in [0.1, 0.15) is 107 Å². The fourth-order valence-electron chi connectivity index (χ4n) is 8.53. The van der Waals surface area contributed by atoms with E-state index in [0.29, 0.717) is 12.8 Å². The highest BCUT2D eigenvalue weighted by molar-refractivity contribution is 6.68. The maximum atomic E-state index is 14.7. The number of rotatable bonds is 8. The van der Waals surface area contributed by atoms with Crippen LogP contribution in [0.3, 0.4) is 0 Å². The molecule has 5 aliphatic rings. The van der Waals surface area contributed by atoms with E-state index in [9.17, 15) is 19.5 Å². The first-order chi connectivity index (χ1) is 24.5. The van der Waals surface area contributed by atoms with Gasteiger partial charge in [-0.2, -0.15) is 0 Å². The number of alkyl carbamates (subject to hydrolysis) is 1. The number of methoxy groups -OCH3 is 1. The maximum absolute atomic E-state index is 14.7. The van der Waals surface area contributed by atoms with Gasteiger partial charge in [0.15, 0.2) is 12.2 Å². The Hall–Kier alpha value is -2.06. The van der Waals surface area contributed by atoms with Gasteiger partial charge in [-0.1, -0.05) is 111 Å². The van der Waals surface area contributed by atoms with E-state index in [4.69, 9.17) is 58.5 Å². The van der Waals surface area contributed by atoms with Crippen LogP contribution < -0.4 is 10.6 Å². The van der Waals surface area contributed by atoms with Gasteiger partial charge in [-0.15, -0.1) is 0 Å². The molecule has 1 saturated heterocycles. The third-order valence-corrected chi connectivity index (χ3v) is 11.6. The van der Waals surface area contributed by atoms with Gasteiger partial charge in [0.1, 0.15) is 18.2 Å². The third kappa shape index (κ3) is 8.85. The minimum Gasteiger partial charge on any atom is -0.449 e. The van der Waals surface area contributed by atoms with Crippen LogP contribution in [0.15, 0.2) is 30.3 Å². The molecule has 284 valence electrons. The van der Waals surface area contributed by atoms with E-state index >= 15 is 0 Å². The SMILES string of the molecule is CO[C@@]1(O)[C@@H]2O[C@@H](C(Cl)(Cl)Cl)O[C@@H]2[C@@H](N(C(=O)NC2CCCCC2)C2CCCCC2)[C@H](OC(=O)NC2CCCCC2)[C@H]1OC(=O)c1ccccc1. The molecule has 0 spiro atoms. The summed E-state index contributed by atoms with van der Waals surface area (Å²) in [4.78, 5) is 44.0. The van der Waals surface area contributed by atoms with Crippen LogP contribution in [0.2, 0.25) is 0 Å². The van der Waals surface area contributed by atoms with Crippen molar-refractivity contribution in [2.45, 2.75) is 161 Å². The number of fused-ring (bicyclic) bond motifs is 1. The lowest BCUT2D eigenvalue weighted by molar-refractivity contribution is -0.330. The Morgan fingerprint density at radius 2 is 1.39 bits per heavy atom. The number of benzene rings is 1. The Bertz CT molecular complexity index is 1340. The molecule has 1 heterocycles. The van der Waals surface area contributed by atoms with Crippen LogP contribution in [-0.2, 0) is 23.7 Å². The monoisotopic (exact) mass is 773 g/mol. The number of ether oxygens (including phenoxy) is 5. The summed E-state index contributed by atoms with van der Waals surface area (Å²) in [5.41, 5.74) is 0.182. The van der Waals surface area contributed by atoms with Gasteiger partial charge in [-0.25, -0.2) is 14.4 Å². The minimum absolute atomic E-state index is 0.0528. The zero-order valence-corrected chi connectivity index (χ0v) is 31.3. The van der Waals surface area contributed by atoms with Crippen molar-refractivity contribution in [3.63, 3.8) is 0 Å². The van der Waals surface area contributed by atoms with Crippen LogP contribution in [0.25, 0.3) is 0 Å². The number of esters is 1. The number of carbonyl (C=O) groups excluding carboxylic acids is 3. The summed E-state index contributed by atoms with van der Waals surface area (Å²) in [5, 5.41) is 18.6. The molecule has 5 fully saturated rings. The number of carbonyl (C=O) groups is 3. The molecule has 15 heteroatoms.